The van der Waals surface area contributed by atoms with Gasteiger partial charge < -0.3 is 9.47 Å². The summed E-state index contributed by atoms with van der Waals surface area (Å²) >= 11 is 0. The van der Waals surface area contributed by atoms with Crippen molar-refractivity contribution in [2.45, 2.75) is 19.7 Å². The molecular formula is C11H13F3O2. The van der Waals surface area contributed by atoms with Crippen LogP contribution >= 0.6 is 0 Å². The number of aryl methyl sites for hydroxylation is 1. The normalized spacial score (nSPS) is 11.6. The fraction of sp³-hybridized carbons (Fsp3) is 0.455. The van der Waals surface area contributed by atoms with Crippen molar-refractivity contribution < 1.29 is 22.6 Å². The summed E-state index contributed by atoms with van der Waals surface area (Å²) in [4.78, 5) is 0. The largest absolute Gasteiger partial charge is 0.496 e. The van der Waals surface area contributed by atoms with Crippen LogP contribution in [0.25, 0.3) is 0 Å². The molecule has 0 unspecified atom stereocenters. The molecule has 0 heterocycles. The lowest BCUT2D eigenvalue weighted by Gasteiger charge is -2.16. The third-order valence-corrected chi connectivity index (χ3v) is 2.17. The highest BCUT2D eigenvalue weighted by molar-refractivity contribution is 5.44. The van der Waals surface area contributed by atoms with Gasteiger partial charge in [0.05, 0.1) is 19.3 Å². The van der Waals surface area contributed by atoms with Crippen molar-refractivity contribution in [3.8, 4) is 5.75 Å². The molecule has 1 aromatic carbocycles. The maximum absolute atomic E-state index is 12.8. The predicted molar refractivity (Wildman–Crippen MR) is 53.4 cm³/mol. The molecule has 0 saturated heterocycles. The van der Waals surface area contributed by atoms with Crippen molar-refractivity contribution in [2.24, 2.45) is 0 Å². The minimum Gasteiger partial charge on any atom is -0.496 e. The van der Waals surface area contributed by atoms with Crippen LogP contribution in [0.5, 0.6) is 5.75 Å². The van der Waals surface area contributed by atoms with E-state index in [2.05, 4.69) is 0 Å². The SMILES string of the molecule is COCc1c(OC)cc(C)cc1C(F)(F)F. The van der Waals surface area contributed by atoms with Crippen molar-refractivity contribution in [2.75, 3.05) is 14.2 Å². The number of ether oxygens (including phenoxy) is 2. The minimum atomic E-state index is -4.40. The van der Waals surface area contributed by atoms with Gasteiger partial charge in [-0.05, 0) is 24.6 Å². The Morgan fingerprint density at radius 3 is 2.25 bits per heavy atom. The molecule has 1 rings (SSSR count). The third kappa shape index (κ3) is 2.66. The van der Waals surface area contributed by atoms with Gasteiger partial charge in [0.1, 0.15) is 5.75 Å². The first kappa shape index (κ1) is 12.8. The highest BCUT2D eigenvalue weighted by atomic mass is 19.4. The van der Waals surface area contributed by atoms with Crippen molar-refractivity contribution >= 4 is 0 Å². The molecule has 0 spiro atoms. The Morgan fingerprint density at radius 1 is 1.19 bits per heavy atom. The molecule has 0 aliphatic rings. The summed E-state index contributed by atoms with van der Waals surface area (Å²) in [7, 11) is 2.69. The van der Waals surface area contributed by atoms with Crippen LogP contribution in [0.4, 0.5) is 13.2 Å². The summed E-state index contributed by atoms with van der Waals surface area (Å²) in [5.41, 5.74) is -0.168. The molecule has 16 heavy (non-hydrogen) atoms. The fourth-order valence-electron chi connectivity index (χ4n) is 1.51. The fourth-order valence-corrected chi connectivity index (χ4v) is 1.51. The van der Waals surface area contributed by atoms with E-state index in [0.29, 0.717) is 5.56 Å². The van der Waals surface area contributed by atoms with Crippen LogP contribution in [-0.2, 0) is 17.5 Å². The zero-order chi connectivity index (χ0) is 12.3. The zero-order valence-corrected chi connectivity index (χ0v) is 9.31. The minimum absolute atomic E-state index is 0.0306. The van der Waals surface area contributed by atoms with Gasteiger partial charge in [0, 0.05) is 12.7 Å². The first-order chi connectivity index (χ1) is 7.40. The molecule has 90 valence electrons. The summed E-state index contributed by atoms with van der Waals surface area (Å²) in [6.45, 7) is 1.46. The van der Waals surface area contributed by atoms with Gasteiger partial charge >= 0.3 is 6.18 Å². The third-order valence-electron chi connectivity index (χ3n) is 2.17. The van der Waals surface area contributed by atoms with Crippen LogP contribution in [0.3, 0.4) is 0 Å². The van der Waals surface area contributed by atoms with E-state index in [1.807, 2.05) is 0 Å². The summed E-state index contributed by atoms with van der Waals surface area (Å²) in [5.74, 6) is 0.203. The summed E-state index contributed by atoms with van der Waals surface area (Å²) in [5, 5.41) is 0. The van der Waals surface area contributed by atoms with Crippen LogP contribution in [0.15, 0.2) is 12.1 Å². The smallest absolute Gasteiger partial charge is 0.416 e. The van der Waals surface area contributed by atoms with Gasteiger partial charge in [0.2, 0.25) is 0 Å². The van der Waals surface area contributed by atoms with Crippen LogP contribution < -0.4 is 4.74 Å². The first-order valence-electron chi connectivity index (χ1n) is 4.63. The van der Waals surface area contributed by atoms with Crippen molar-refractivity contribution in [3.05, 3.63) is 28.8 Å². The Morgan fingerprint density at radius 2 is 1.81 bits per heavy atom. The average Bonchev–Trinajstić information content (AvgIpc) is 2.18. The van der Waals surface area contributed by atoms with Gasteiger partial charge in [-0.2, -0.15) is 13.2 Å². The number of hydrogen-bond acceptors (Lipinski definition) is 2. The molecule has 0 aliphatic heterocycles. The van der Waals surface area contributed by atoms with E-state index in [4.69, 9.17) is 9.47 Å². The predicted octanol–water partition coefficient (Wildman–Crippen LogP) is 3.17. The average molecular weight is 234 g/mol. The molecular weight excluding hydrogens is 221 g/mol. The summed E-state index contributed by atoms with van der Waals surface area (Å²) in [6, 6.07) is 2.65. The lowest BCUT2D eigenvalue weighted by atomic mass is 10.0. The van der Waals surface area contributed by atoms with Crippen molar-refractivity contribution in [1.29, 1.82) is 0 Å². The number of alkyl halides is 3. The molecule has 0 radical (unpaired) electrons. The second-order valence-electron chi connectivity index (χ2n) is 3.42. The van der Waals surface area contributed by atoms with E-state index in [1.54, 1.807) is 13.0 Å². The van der Waals surface area contributed by atoms with Gasteiger partial charge in [-0.3, -0.25) is 0 Å². The number of hydrogen-bond donors (Lipinski definition) is 0. The van der Waals surface area contributed by atoms with E-state index in [1.165, 1.54) is 14.2 Å². The Bertz CT molecular complexity index is 372. The van der Waals surface area contributed by atoms with Gasteiger partial charge in [-0.1, -0.05) is 0 Å². The lowest BCUT2D eigenvalue weighted by Crippen LogP contribution is -2.11. The van der Waals surface area contributed by atoms with Gasteiger partial charge in [-0.15, -0.1) is 0 Å². The molecule has 0 atom stereocenters. The molecule has 2 nitrogen and oxygen atoms in total. The highest BCUT2D eigenvalue weighted by Gasteiger charge is 2.34. The summed E-state index contributed by atoms with van der Waals surface area (Å²) in [6.07, 6.45) is -4.40. The standard InChI is InChI=1S/C11H13F3O2/c1-7-4-9(11(12,13)14)8(6-15-2)10(5-7)16-3/h4-5H,6H2,1-3H3. The molecule has 0 saturated carbocycles. The second kappa shape index (κ2) is 4.74. The molecule has 0 aromatic heterocycles. The van der Waals surface area contributed by atoms with E-state index >= 15 is 0 Å². The highest BCUT2D eigenvalue weighted by Crippen LogP contribution is 2.37. The van der Waals surface area contributed by atoms with Crippen LogP contribution in [0.1, 0.15) is 16.7 Å². The molecule has 5 heteroatoms. The van der Waals surface area contributed by atoms with Crippen molar-refractivity contribution in [3.63, 3.8) is 0 Å². The number of methoxy groups -OCH3 is 2. The second-order valence-corrected chi connectivity index (χ2v) is 3.42. The molecule has 0 fully saturated rings. The number of halogens is 3. The maximum atomic E-state index is 12.8. The van der Waals surface area contributed by atoms with Crippen LogP contribution in [-0.4, -0.2) is 14.2 Å². The van der Waals surface area contributed by atoms with Gasteiger partial charge in [0.25, 0.3) is 0 Å². The number of benzene rings is 1. The molecule has 0 N–H and O–H groups in total. The zero-order valence-electron chi connectivity index (χ0n) is 9.31. The van der Waals surface area contributed by atoms with Crippen LogP contribution in [0, 0.1) is 6.92 Å². The Hall–Kier alpha value is -1.23. The van der Waals surface area contributed by atoms with Gasteiger partial charge in [-0.25, -0.2) is 0 Å². The number of rotatable bonds is 3. The van der Waals surface area contributed by atoms with E-state index in [-0.39, 0.29) is 17.9 Å². The monoisotopic (exact) mass is 234 g/mol. The van der Waals surface area contributed by atoms with Crippen LogP contribution in [0.2, 0.25) is 0 Å². The van der Waals surface area contributed by atoms with E-state index in [9.17, 15) is 13.2 Å². The van der Waals surface area contributed by atoms with Gasteiger partial charge in [0.15, 0.2) is 0 Å². The molecule has 1 aromatic rings. The lowest BCUT2D eigenvalue weighted by molar-refractivity contribution is -0.138. The Kier molecular flexibility index (Phi) is 3.80. The maximum Gasteiger partial charge on any atom is 0.416 e. The molecule has 0 amide bonds. The topological polar surface area (TPSA) is 18.5 Å². The first-order valence-corrected chi connectivity index (χ1v) is 4.63. The quantitative estimate of drug-likeness (QED) is 0.799. The Labute approximate surface area is 92.0 Å². The van der Waals surface area contributed by atoms with Crippen molar-refractivity contribution in [1.82, 2.24) is 0 Å². The molecule has 0 bridgehead atoms. The van der Waals surface area contributed by atoms with E-state index in [0.717, 1.165) is 6.07 Å². The Balaban J connectivity index is 3.38. The molecule has 0 aliphatic carbocycles. The van der Waals surface area contributed by atoms with E-state index < -0.39 is 11.7 Å². The summed E-state index contributed by atoms with van der Waals surface area (Å²) < 4.78 is 48.0.